The average molecular weight is 225 g/mol. The topological polar surface area (TPSA) is 46.2 Å². The molecule has 0 aliphatic rings. The number of hydrogen-bond acceptors (Lipinski definition) is 2. The summed E-state index contributed by atoms with van der Waals surface area (Å²) >= 11 is 0. The molecular weight excluding hydrogens is 210 g/mol. The monoisotopic (exact) mass is 225 g/mol. The molecule has 1 atom stereocenters. The lowest BCUT2D eigenvalue weighted by atomic mass is 10.0. The molecule has 0 fully saturated rings. The quantitative estimate of drug-likeness (QED) is 0.622. The van der Waals surface area contributed by atoms with E-state index in [0.29, 0.717) is 0 Å². The summed E-state index contributed by atoms with van der Waals surface area (Å²) < 4.78 is 0. The Labute approximate surface area is 101 Å². The van der Waals surface area contributed by atoms with Crippen LogP contribution >= 0.6 is 0 Å². The molecule has 2 aromatic carbocycles. The molecule has 0 aromatic heterocycles. The van der Waals surface area contributed by atoms with E-state index in [9.17, 15) is 5.11 Å². The van der Waals surface area contributed by atoms with Crippen molar-refractivity contribution in [1.29, 1.82) is 0 Å². The molecule has 0 radical (unpaired) electrons. The lowest BCUT2D eigenvalue weighted by Crippen LogP contribution is -2.20. The Kier molecular flexibility index (Phi) is 3.70. The Balaban J connectivity index is 2.40. The van der Waals surface area contributed by atoms with Crippen LogP contribution in [0.3, 0.4) is 0 Å². The first-order chi connectivity index (χ1) is 8.27. The van der Waals surface area contributed by atoms with Crippen molar-refractivity contribution in [2.45, 2.75) is 6.23 Å². The zero-order valence-corrected chi connectivity index (χ0v) is 9.45. The van der Waals surface area contributed by atoms with Crippen molar-refractivity contribution in [2.24, 2.45) is 5.73 Å². The molecule has 3 N–H and O–H groups in total. The van der Waals surface area contributed by atoms with Crippen LogP contribution in [-0.2, 0) is 0 Å². The number of rotatable bonds is 3. The second kappa shape index (κ2) is 5.43. The van der Waals surface area contributed by atoms with Crippen molar-refractivity contribution < 1.29 is 5.11 Å². The smallest absolute Gasteiger partial charge is 0.129 e. The van der Waals surface area contributed by atoms with E-state index in [0.717, 1.165) is 16.7 Å². The molecule has 0 bridgehead atoms. The molecule has 86 valence electrons. The highest BCUT2D eigenvalue weighted by molar-refractivity contribution is 5.83. The molecule has 2 heteroatoms. The van der Waals surface area contributed by atoms with E-state index in [-0.39, 0.29) is 0 Å². The van der Waals surface area contributed by atoms with Gasteiger partial charge in [0.25, 0.3) is 0 Å². The number of benzene rings is 2. The van der Waals surface area contributed by atoms with Crippen LogP contribution < -0.4 is 5.73 Å². The third kappa shape index (κ3) is 3.03. The SMILES string of the molecule is N[C@@H](O)/C(=C/c1ccccc1)c1ccccc1. The summed E-state index contributed by atoms with van der Waals surface area (Å²) in [6.45, 7) is 0. The van der Waals surface area contributed by atoms with Gasteiger partial charge >= 0.3 is 0 Å². The molecular formula is C15H15NO. The maximum atomic E-state index is 9.64. The Hall–Kier alpha value is -1.90. The van der Waals surface area contributed by atoms with E-state index in [2.05, 4.69) is 0 Å². The van der Waals surface area contributed by atoms with Crippen molar-refractivity contribution in [2.75, 3.05) is 0 Å². The zero-order valence-electron chi connectivity index (χ0n) is 9.45. The molecule has 2 aromatic rings. The summed E-state index contributed by atoms with van der Waals surface area (Å²) in [6.07, 6.45) is 0.928. The van der Waals surface area contributed by atoms with Crippen molar-refractivity contribution in [3.63, 3.8) is 0 Å². The summed E-state index contributed by atoms with van der Waals surface area (Å²) in [7, 11) is 0. The fourth-order valence-electron chi connectivity index (χ4n) is 1.70. The summed E-state index contributed by atoms with van der Waals surface area (Å²) in [5.74, 6) is 0. The number of aliphatic hydroxyl groups is 1. The fraction of sp³-hybridized carbons (Fsp3) is 0.0667. The molecule has 2 nitrogen and oxygen atoms in total. The molecule has 0 saturated carbocycles. The van der Waals surface area contributed by atoms with Crippen molar-refractivity contribution in [1.82, 2.24) is 0 Å². The molecule has 0 unspecified atom stereocenters. The van der Waals surface area contributed by atoms with Crippen LogP contribution in [0.15, 0.2) is 60.7 Å². The third-order valence-electron chi connectivity index (χ3n) is 2.55. The minimum atomic E-state index is -0.974. The van der Waals surface area contributed by atoms with Crippen LogP contribution in [-0.4, -0.2) is 11.3 Å². The van der Waals surface area contributed by atoms with E-state index in [1.54, 1.807) is 0 Å². The van der Waals surface area contributed by atoms with E-state index < -0.39 is 6.23 Å². The highest BCUT2D eigenvalue weighted by Gasteiger charge is 2.07. The normalized spacial score (nSPS) is 13.4. The predicted octanol–water partition coefficient (Wildman–Crippen LogP) is 2.50. The first-order valence-electron chi connectivity index (χ1n) is 5.53. The molecule has 17 heavy (non-hydrogen) atoms. The lowest BCUT2D eigenvalue weighted by Gasteiger charge is -2.11. The Morgan fingerprint density at radius 3 is 2.00 bits per heavy atom. The summed E-state index contributed by atoms with van der Waals surface area (Å²) in [5, 5.41) is 9.64. The summed E-state index contributed by atoms with van der Waals surface area (Å²) in [5.41, 5.74) is 8.28. The second-order valence-electron chi connectivity index (χ2n) is 3.82. The van der Waals surface area contributed by atoms with Gasteiger partial charge in [-0.05, 0) is 17.2 Å². The van der Waals surface area contributed by atoms with Gasteiger partial charge in [0.2, 0.25) is 0 Å². The van der Waals surface area contributed by atoms with Gasteiger partial charge in [-0.15, -0.1) is 0 Å². The first-order valence-corrected chi connectivity index (χ1v) is 5.53. The number of aliphatic hydroxyl groups excluding tert-OH is 1. The van der Waals surface area contributed by atoms with E-state index in [4.69, 9.17) is 5.73 Å². The van der Waals surface area contributed by atoms with Gasteiger partial charge in [-0.3, -0.25) is 0 Å². The first kappa shape index (κ1) is 11.6. The molecule has 0 heterocycles. The Morgan fingerprint density at radius 2 is 1.47 bits per heavy atom. The molecule has 0 aliphatic carbocycles. The number of hydrogen-bond donors (Lipinski definition) is 2. The van der Waals surface area contributed by atoms with Crippen molar-refractivity contribution in [3.8, 4) is 0 Å². The zero-order chi connectivity index (χ0) is 12.1. The Bertz CT molecular complexity index is 489. The van der Waals surface area contributed by atoms with Crippen LogP contribution in [0.25, 0.3) is 11.6 Å². The average Bonchev–Trinajstić information content (AvgIpc) is 2.38. The molecule has 0 spiro atoms. The summed E-state index contributed by atoms with van der Waals surface area (Å²) in [4.78, 5) is 0. The maximum Gasteiger partial charge on any atom is 0.129 e. The van der Waals surface area contributed by atoms with Crippen LogP contribution in [0.2, 0.25) is 0 Å². The molecule has 0 saturated heterocycles. The minimum Gasteiger partial charge on any atom is -0.375 e. The fourth-order valence-corrected chi connectivity index (χ4v) is 1.70. The predicted molar refractivity (Wildman–Crippen MR) is 70.9 cm³/mol. The van der Waals surface area contributed by atoms with Gasteiger partial charge in [-0.25, -0.2) is 0 Å². The molecule has 0 amide bonds. The highest BCUT2D eigenvalue weighted by Crippen LogP contribution is 2.19. The van der Waals surface area contributed by atoms with Crippen LogP contribution in [0.4, 0.5) is 0 Å². The van der Waals surface area contributed by atoms with Gasteiger partial charge in [0.15, 0.2) is 0 Å². The minimum absolute atomic E-state index is 0.719. The molecule has 2 rings (SSSR count). The molecule has 0 aliphatic heterocycles. The van der Waals surface area contributed by atoms with Gasteiger partial charge < -0.3 is 10.8 Å². The van der Waals surface area contributed by atoms with E-state index in [1.165, 1.54) is 0 Å². The van der Waals surface area contributed by atoms with Crippen molar-refractivity contribution >= 4 is 11.6 Å². The maximum absolute atomic E-state index is 9.64. The Morgan fingerprint density at radius 1 is 0.941 bits per heavy atom. The van der Waals surface area contributed by atoms with Gasteiger partial charge in [-0.1, -0.05) is 60.7 Å². The number of nitrogens with two attached hydrogens (primary N) is 1. The highest BCUT2D eigenvalue weighted by atomic mass is 16.3. The third-order valence-corrected chi connectivity index (χ3v) is 2.55. The largest absolute Gasteiger partial charge is 0.375 e. The van der Waals surface area contributed by atoms with E-state index in [1.807, 2.05) is 66.7 Å². The van der Waals surface area contributed by atoms with Gasteiger partial charge in [0, 0.05) is 5.57 Å². The van der Waals surface area contributed by atoms with Gasteiger partial charge in [0.05, 0.1) is 0 Å². The second-order valence-corrected chi connectivity index (χ2v) is 3.82. The lowest BCUT2D eigenvalue weighted by molar-refractivity contribution is 0.241. The van der Waals surface area contributed by atoms with Gasteiger partial charge in [0.1, 0.15) is 6.23 Å². The van der Waals surface area contributed by atoms with Crippen LogP contribution in [0, 0.1) is 0 Å². The summed E-state index contributed by atoms with van der Waals surface area (Å²) in [6, 6.07) is 19.5. The van der Waals surface area contributed by atoms with Gasteiger partial charge in [-0.2, -0.15) is 0 Å². The van der Waals surface area contributed by atoms with E-state index >= 15 is 0 Å². The van der Waals surface area contributed by atoms with Crippen LogP contribution in [0.1, 0.15) is 11.1 Å². The van der Waals surface area contributed by atoms with Crippen LogP contribution in [0.5, 0.6) is 0 Å². The standard InChI is InChI=1S/C15H15NO/c16-15(17)14(13-9-5-2-6-10-13)11-12-7-3-1-4-8-12/h1-11,15,17H,16H2/b14-11+/t15-/m0/s1. The van der Waals surface area contributed by atoms with Crippen molar-refractivity contribution in [3.05, 3.63) is 71.8 Å².